The fourth-order valence-electron chi connectivity index (χ4n) is 2.64. The summed E-state index contributed by atoms with van der Waals surface area (Å²) in [6.45, 7) is 6.62. The van der Waals surface area contributed by atoms with Crippen LogP contribution in [0.4, 0.5) is 0 Å². The van der Waals surface area contributed by atoms with Crippen LogP contribution in [0, 0.1) is 0 Å². The van der Waals surface area contributed by atoms with E-state index in [1.165, 1.54) is 22.0 Å². The first kappa shape index (κ1) is 21.6. The van der Waals surface area contributed by atoms with Crippen LogP contribution >= 0.6 is 12.4 Å². The maximum absolute atomic E-state index is 12.6. The van der Waals surface area contributed by atoms with Crippen LogP contribution < -0.4 is 10.6 Å². The van der Waals surface area contributed by atoms with Crippen LogP contribution in [-0.4, -0.2) is 51.4 Å². The van der Waals surface area contributed by atoms with Gasteiger partial charge in [0, 0.05) is 31.7 Å². The molecule has 1 heterocycles. The highest BCUT2D eigenvalue weighted by atomic mass is 35.5. The summed E-state index contributed by atoms with van der Waals surface area (Å²) < 4.78 is 26.5. The zero-order chi connectivity index (χ0) is 17.6. The van der Waals surface area contributed by atoms with Gasteiger partial charge in [0.1, 0.15) is 0 Å². The highest BCUT2D eigenvalue weighted by Crippen LogP contribution is 2.17. The molecular formula is C17H26ClN3O3S. The molecular weight excluding hydrogens is 362 g/mol. The molecule has 0 bridgehead atoms. The summed E-state index contributed by atoms with van der Waals surface area (Å²) in [5, 5.41) is 6.08. The minimum atomic E-state index is -3.56. The van der Waals surface area contributed by atoms with Gasteiger partial charge in [0.25, 0.3) is 5.91 Å². The Morgan fingerprint density at radius 1 is 1.28 bits per heavy atom. The number of amides is 1. The number of hydrogen-bond acceptors (Lipinski definition) is 4. The first-order valence-corrected chi connectivity index (χ1v) is 9.70. The van der Waals surface area contributed by atoms with Crippen LogP contribution in [0.25, 0.3) is 0 Å². The molecule has 0 aromatic heterocycles. The predicted octanol–water partition coefficient (Wildman–Crippen LogP) is 1.79. The number of rotatable bonds is 7. The van der Waals surface area contributed by atoms with Crippen molar-refractivity contribution in [2.24, 2.45) is 0 Å². The van der Waals surface area contributed by atoms with E-state index >= 15 is 0 Å². The van der Waals surface area contributed by atoms with Crippen LogP contribution in [-0.2, 0) is 10.0 Å². The molecule has 0 radical (unpaired) electrons. The quantitative estimate of drug-likeness (QED) is 0.699. The number of nitrogens with one attached hydrogen (secondary N) is 2. The van der Waals surface area contributed by atoms with Crippen molar-refractivity contribution in [3.05, 3.63) is 41.5 Å². The number of halogens is 1. The van der Waals surface area contributed by atoms with Crippen molar-refractivity contribution in [2.75, 3.05) is 32.7 Å². The SMILES string of the molecule is CCN(CC)S(=O)(=O)c1cccc(C(=O)NCC2=CCNCC2)c1.Cl. The van der Waals surface area contributed by atoms with Crippen molar-refractivity contribution < 1.29 is 13.2 Å². The molecule has 0 spiro atoms. The first-order chi connectivity index (χ1) is 11.5. The number of nitrogens with zero attached hydrogens (tertiary/aromatic N) is 1. The average molecular weight is 388 g/mol. The third-order valence-electron chi connectivity index (χ3n) is 4.07. The zero-order valence-electron chi connectivity index (χ0n) is 14.6. The van der Waals surface area contributed by atoms with Crippen molar-refractivity contribution in [3.8, 4) is 0 Å². The summed E-state index contributed by atoms with van der Waals surface area (Å²) in [5.74, 6) is -0.258. The van der Waals surface area contributed by atoms with E-state index in [1.807, 2.05) is 0 Å². The molecule has 2 rings (SSSR count). The van der Waals surface area contributed by atoms with Crippen LogP contribution in [0.2, 0.25) is 0 Å². The van der Waals surface area contributed by atoms with Crippen LogP contribution in [0.5, 0.6) is 0 Å². The zero-order valence-corrected chi connectivity index (χ0v) is 16.3. The van der Waals surface area contributed by atoms with Gasteiger partial charge < -0.3 is 10.6 Å². The van der Waals surface area contributed by atoms with Crippen molar-refractivity contribution >= 4 is 28.3 Å². The summed E-state index contributed by atoms with van der Waals surface area (Å²) >= 11 is 0. The molecule has 140 valence electrons. The molecule has 1 amide bonds. The first-order valence-electron chi connectivity index (χ1n) is 8.26. The summed E-state index contributed by atoms with van der Waals surface area (Å²) in [6, 6.07) is 6.21. The Kier molecular flexibility index (Phi) is 8.58. The van der Waals surface area contributed by atoms with E-state index < -0.39 is 10.0 Å². The van der Waals surface area contributed by atoms with E-state index in [0.717, 1.165) is 19.5 Å². The molecule has 0 atom stereocenters. The number of carbonyl (C=O) groups excluding carboxylic acids is 1. The normalized spacial score (nSPS) is 14.6. The third kappa shape index (κ3) is 5.54. The Bertz CT molecular complexity index is 716. The van der Waals surface area contributed by atoms with Gasteiger partial charge in [0.05, 0.1) is 4.90 Å². The molecule has 1 aliphatic rings. The Labute approximate surface area is 156 Å². The maximum atomic E-state index is 12.6. The molecule has 8 heteroatoms. The summed E-state index contributed by atoms with van der Waals surface area (Å²) in [7, 11) is -3.56. The summed E-state index contributed by atoms with van der Waals surface area (Å²) in [4.78, 5) is 12.5. The van der Waals surface area contributed by atoms with E-state index in [4.69, 9.17) is 0 Å². The fraction of sp³-hybridized carbons (Fsp3) is 0.471. The van der Waals surface area contributed by atoms with Gasteiger partial charge in [0.15, 0.2) is 0 Å². The molecule has 1 aromatic carbocycles. The largest absolute Gasteiger partial charge is 0.348 e. The van der Waals surface area contributed by atoms with Gasteiger partial charge >= 0.3 is 0 Å². The highest BCUT2D eigenvalue weighted by molar-refractivity contribution is 7.89. The van der Waals surface area contributed by atoms with Crippen LogP contribution in [0.1, 0.15) is 30.6 Å². The lowest BCUT2D eigenvalue weighted by atomic mass is 10.1. The minimum absolute atomic E-state index is 0. The summed E-state index contributed by atoms with van der Waals surface area (Å²) in [5.41, 5.74) is 1.55. The highest BCUT2D eigenvalue weighted by Gasteiger charge is 2.22. The van der Waals surface area contributed by atoms with Crippen molar-refractivity contribution in [3.63, 3.8) is 0 Å². The Morgan fingerprint density at radius 2 is 2.00 bits per heavy atom. The molecule has 0 saturated carbocycles. The second-order valence-corrected chi connectivity index (χ2v) is 7.55. The van der Waals surface area contributed by atoms with Crippen molar-refractivity contribution in [1.29, 1.82) is 0 Å². The number of benzene rings is 1. The van der Waals surface area contributed by atoms with Gasteiger partial charge in [-0.15, -0.1) is 12.4 Å². The van der Waals surface area contributed by atoms with E-state index in [-0.39, 0.29) is 23.2 Å². The van der Waals surface area contributed by atoms with Gasteiger partial charge in [-0.1, -0.05) is 31.6 Å². The third-order valence-corrected chi connectivity index (χ3v) is 6.12. The van der Waals surface area contributed by atoms with Crippen molar-refractivity contribution in [1.82, 2.24) is 14.9 Å². The van der Waals surface area contributed by atoms with E-state index in [2.05, 4.69) is 16.7 Å². The molecule has 6 nitrogen and oxygen atoms in total. The smallest absolute Gasteiger partial charge is 0.251 e. The monoisotopic (exact) mass is 387 g/mol. The molecule has 1 aliphatic heterocycles. The van der Waals surface area contributed by atoms with Gasteiger partial charge in [0.2, 0.25) is 10.0 Å². The average Bonchev–Trinajstić information content (AvgIpc) is 2.61. The Hall–Kier alpha value is -1.41. The van der Waals surface area contributed by atoms with E-state index in [0.29, 0.717) is 25.2 Å². The predicted molar refractivity (Wildman–Crippen MR) is 102 cm³/mol. The molecule has 2 N–H and O–H groups in total. The molecule has 0 fully saturated rings. The molecule has 0 unspecified atom stereocenters. The van der Waals surface area contributed by atoms with Crippen LogP contribution in [0.3, 0.4) is 0 Å². The maximum Gasteiger partial charge on any atom is 0.251 e. The van der Waals surface area contributed by atoms with Crippen LogP contribution in [0.15, 0.2) is 40.8 Å². The Balaban J connectivity index is 0.00000312. The van der Waals surface area contributed by atoms with Crippen molar-refractivity contribution in [2.45, 2.75) is 25.2 Å². The molecule has 1 aromatic rings. The second-order valence-electron chi connectivity index (χ2n) is 5.62. The minimum Gasteiger partial charge on any atom is -0.348 e. The lowest BCUT2D eigenvalue weighted by molar-refractivity contribution is 0.0956. The number of sulfonamides is 1. The van der Waals surface area contributed by atoms with E-state index in [1.54, 1.807) is 26.0 Å². The summed E-state index contributed by atoms with van der Waals surface area (Å²) in [6.07, 6.45) is 2.99. The number of hydrogen-bond donors (Lipinski definition) is 2. The fourth-order valence-corrected chi connectivity index (χ4v) is 4.14. The Morgan fingerprint density at radius 3 is 2.60 bits per heavy atom. The van der Waals surface area contributed by atoms with Gasteiger partial charge in [-0.05, 0) is 31.2 Å². The lowest BCUT2D eigenvalue weighted by Crippen LogP contribution is -2.31. The number of carbonyl (C=O) groups is 1. The van der Waals surface area contributed by atoms with Gasteiger partial charge in [-0.25, -0.2) is 8.42 Å². The topological polar surface area (TPSA) is 78.5 Å². The van der Waals surface area contributed by atoms with Gasteiger partial charge in [-0.2, -0.15) is 4.31 Å². The molecule has 0 aliphatic carbocycles. The molecule has 0 saturated heterocycles. The van der Waals surface area contributed by atoms with E-state index in [9.17, 15) is 13.2 Å². The van der Waals surface area contributed by atoms with Gasteiger partial charge in [-0.3, -0.25) is 4.79 Å². The molecule has 25 heavy (non-hydrogen) atoms. The lowest BCUT2D eigenvalue weighted by Gasteiger charge is -2.19. The second kappa shape index (κ2) is 9.91. The standard InChI is InChI=1S/C17H25N3O3S.ClH/c1-3-20(4-2)24(22,23)16-7-5-6-15(12-16)17(21)19-13-14-8-10-18-11-9-14;/h5-8,12,18H,3-4,9-11,13H2,1-2H3,(H,19,21);1H.